The summed E-state index contributed by atoms with van der Waals surface area (Å²) in [5, 5.41) is 5.58. The van der Waals surface area contributed by atoms with Crippen molar-refractivity contribution in [2.45, 2.75) is 27.2 Å². The number of halogens is 1. The molecule has 0 spiro atoms. The van der Waals surface area contributed by atoms with Crippen LogP contribution in [0.1, 0.15) is 24.5 Å². The third-order valence-electron chi connectivity index (χ3n) is 3.43. The zero-order chi connectivity index (χ0) is 17.6. The van der Waals surface area contributed by atoms with E-state index in [1.54, 1.807) is 6.92 Å². The third-order valence-corrected chi connectivity index (χ3v) is 5.26. The molecule has 0 aliphatic carbocycles. The second kappa shape index (κ2) is 8.65. The normalized spacial score (nSPS) is 11.6. The molecule has 0 heterocycles. The first kappa shape index (κ1) is 19.9. The topological polar surface area (TPSA) is 78.5 Å². The molecule has 23 heavy (non-hydrogen) atoms. The Balaban J connectivity index is 2.47. The van der Waals surface area contributed by atoms with Crippen molar-refractivity contribution >= 4 is 37.7 Å². The molecule has 0 unspecified atom stereocenters. The van der Waals surface area contributed by atoms with Gasteiger partial charge in [-0.3, -0.25) is 0 Å². The molecule has 0 saturated heterocycles. The van der Waals surface area contributed by atoms with Crippen molar-refractivity contribution in [2.24, 2.45) is 0 Å². The van der Waals surface area contributed by atoms with Crippen LogP contribution in [0.15, 0.2) is 16.6 Å². The van der Waals surface area contributed by atoms with Crippen molar-refractivity contribution < 1.29 is 13.2 Å². The largest absolute Gasteiger partial charge is 0.338 e. The maximum Gasteiger partial charge on any atom is 0.319 e. The molecular weight excluding hydrogens is 382 g/mol. The number of carbonyl (C=O) groups is 1. The highest BCUT2D eigenvalue weighted by atomic mass is 79.9. The molecule has 0 radical (unpaired) electrons. The van der Waals surface area contributed by atoms with E-state index in [9.17, 15) is 13.2 Å². The molecule has 0 aromatic heterocycles. The van der Waals surface area contributed by atoms with Gasteiger partial charge in [-0.2, -0.15) is 0 Å². The Hall–Kier alpha value is -1.12. The molecule has 0 aliphatic rings. The molecule has 1 rings (SSSR count). The number of aryl methyl sites for hydroxylation is 2. The molecule has 8 heteroatoms. The van der Waals surface area contributed by atoms with Crippen molar-refractivity contribution in [3.8, 4) is 0 Å². The fourth-order valence-electron chi connectivity index (χ4n) is 2.28. The van der Waals surface area contributed by atoms with Crippen LogP contribution < -0.4 is 10.6 Å². The van der Waals surface area contributed by atoms with Crippen molar-refractivity contribution in [1.29, 1.82) is 0 Å². The van der Waals surface area contributed by atoms with E-state index in [0.29, 0.717) is 26.1 Å². The average molecular weight is 406 g/mol. The minimum absolute atomic E-state index is 0.291. The first-order valence-electron chi connectivity index (χ1n) is 7.42. The van der Waals surface area contributed by atoms with Crippen LogP contribution in [0, 0.1) is 13.8 Å². The molecule has 0 bridgehead atoms. The average Bonchev–Trinajstić information content (AvgIpc) is 2.41. The molecule has 0 fully saturated rings. The van der Waals surface area contributed by atoms with Crippen LogP contribution in [-0.2, 0) is 10.0 Å². The van der Waals surface area contributed by atoms with Crippen LogP contribution >= 0.6 is 15.9 Å². The van der Waals surface area contributed by atoms with Gasteiger partial charge in [0.05, 0.1) is 6.26 Å². The van der Waals surface area contributed by atoms with Crippen molar-refractivity contribution in [3.05, 3.63) is 27.7 Å². The highest BCUT2D eigenvalue weighted by Gasteiger charge is 2.13. The summed E-state index contributed by atoms with van der Waals surface area (Å²) in [6, 6.07) is 3.59. The second-order valence-corrected chi connectivity index (χ2v) is 8.30. The smallest absolute Gasteiger partial charge is 0.319 e. The van der Waals surface area contributed by atoms with Gasteiger partial charge in [-0.05, 0) is 43.5 Å². The predicted octanol–water partition coefficient (Wildman–Crippen LogP) is 2.86. The van der Waals surface area contributed by atoms with E-state index in [1.165, 1.54) is 10.6 Å². The number of nitrogens with zero attached hydrogens (tertiary/aromatic N) is 1. The Morgan fingerprint density at radius 1 is 1.26 bits per heavy atom. The quantitative estimate of drug-likeness (QED) is 0.684. The summed E-state index contributed by atoms with van der Waals surface area (Å²) >= 11 is 3.42. The van der Waals surface area contributed by atoms with E-state index in [-0.39, 0.29) is 6.03 Å². The molecule has 2 amide bonds. The number of anilines is 1. The number of urea groups is 1. The van der Waals surface area contributed by atoms with E-state index in [2.05, 4.69) is 26.6 Å². The number of amides is 2. The van der Waals surface area contributed by atoms with Crippen LogP contribution in [0.3, 0.4) is 0 Å². The summed E-state index contributed by atoms with van der Waals surface area (Å²) in [5.74, 6) is 0. The lowest BCUT2D eigenvalue weighted by Crippen LogP contribution is -2.35. The Morgan fingerprint density at radius 3 is 2.30 bits per heavy atom. The van der Waals surface area contributed by atoms with E-state index in [4.69, 9.17) is 0 Å². The van der Waals surface area contributed by atoms with Crippen LogP contribution in [0.4, 0.5) is 10.5 Å². The van der Waals surface area contributed by atoms with Gasteiger partial charge in [-0.25, -0.2) is 17.5 Å². The summed E-state index contributed by atoms with van der Waals surface area (Å²) in [5.41, 5.74) is 2.74. The summed E-state index contributed by atoms with van der Waals surface area (Å²) < 4.78 is 25.3. The summed E-state index contributed by atoms with van der Waals surface area (Å²) in [7, 11) is -3.18. The molecule has 0 atom stereocenters. The number of benzene rings is 1. The minimum atomic E-state index is -3.18. The maximum atomic E-state index is 11.9. The van der Waals surface area contributed by atoms with Crippen LogP contribution in [-0.4, -0.2) is 44.6 Å². The Labute approximate surface area is 146 Å². The summed E-state index contributed by atoms with van der Waals surface area (Å²) in [4.78, 5) is 11.9. The number of nitrogens with one attached hydrogen (secondary N) is 2. The Morgan fingerprint density at radius 2 is 1.83 bits per heavy atom. The lowest BCUT2D eigenvalue weighted by atomic mass is 10.1. The fraction of sp³-hybridized carbons (Fsp3) is 0.533. The van der Waals surface area contributed by atoms with Crippen LogP contribution in [0.2, 0.25) is 0 Å². The number of carbonyl (C=O) groups excluding carboxylic acids is 1. The van der Waals surface area contributed by atoms with E-state index < -0.39 is 10.0 Å². The first-order valence-corrected chi connectivity index (χ1v) is 10.1. The maximum absolute atomic E-state index is 11.9. The molecule has 0 aliphatic heterocycles. The summed E-state index contributed by atoms with van der Waals surface area (Å²) in [6.45, 7) is 6.89. The fourth-order valence-corrected chi connectivity index (χ4v) is 3.90. The van der Waals surface area contributed by atoms with E-state index in [1.807, 2.05) is 26.0 Å². The van der Waals surface area contributed by atoms with Gasteiger partial charge in [0.15, 0.2) is 0 Å². The number of sulfonamides is 1. The van der Waals surface area contributed by atoms with Crippen LogP contribution in [0.5, 0.6) is 0 Å². The SMILES string of the molecule is CCN(CCCNC(=O)Nc1c(C)cc(Br)cc1C)S(C)(=O)=O. The lowest BCUT2D eigenvalue weighted by molar-refractivity contribution is 0.251. The molecule has 1 aromatic carbocycles. The molecule has 6 nitrogen and oxygen atoms in total. The highest BCUT2D eigenvalue weighted by molar-refractivity contribution is 9.10. The van der Waals surface area contributed by atoms with E-state index >= 15 is 0 Å². The van der Waals surface area contributed by atoms with Gasteiger partial charge in [0.25, 0.3) is 0 Å². The second-order valence-electron chi connectivity index (χ2n) is 5.40. The monoisotopic (exact) mass is 405 g/mol. The first-order chi connectivity index (χ1) is 10.6. The standard InChI is InChI=1S/C15H24BrN3O3S/c1-5-19(23(4,21)22)8-6-7-17-15(20)18-14-11(2)9-13(16)10-12(14)3/h9-10H,5-8H2,1-4H3,(H2,17,18,20). The summed E-state index contributed by atoms with van der Waals surface area (Å²) in [6.07, 6.45) is 1.75. The van der Waals surface area contributed by atoms with Gasteiger partial charge in [-0.1, -0.05) is 22.9 Å². The number of rotatable bonds is 7. The van der Waals surface area contributed by atoms with Gasteiger partial charge >= 0.3 is 6.03 Å². The van der Waals surface area contributed by atoms with Crippen LogP contribution in [0.25, 0.3) is 0 Å². The molecule has 130 valence electrons. The van der Waals surface area contributed by atoms with E-state index in [0.717, 1.165) is 21.3 Å². The zero-order valence-electron chi connectivity index (χ0n) is 13.9. The molecule has 0 saturated carbocycles. The predicted molar refractivity (Wildman–Crippen MR) is 97.3 cm³/mol. The molecule has 1 aromatic rings. The molecule has 2 N–H and O–H groups in total. The Kier molecular flexibility index (Phi) is 7.50. The zero-order valence-corrected chi connectivity index (χ0v) is 16.3. The van der Waals surface area contributed by atoms with Crippen molar-refractivity contribution in [1.82, 2.24) is 9.62 Å². The third kappa shape index (κ3) is 6.48. The highest BCUT2D eigenvalue weighted by Crippen LogP contribution is 2.24. The van der Waals surface area contributed by atoms with Gasteiger partial charge in [0, 0.05) is 29.8 Å². The van der Waals surface area contributed by atoms with Gasteiger partial charge in [0.2, 0.25) is 10.0 Å². The molecular formula is C15H24BrN3O3S. The number of hydrogen-bond acceptors (Lipinski definition) is 3. The van der Waals surface area contributed by atoms with Crippen molar-refractivity contribution in [2.75, 3.05) is 31.2 Å². The number of hydrogen-bond donors (Lipinski definition) is 2. The Bertz CT molecular complexity index is 639. The van der Waals surface area contributed by atoms with Gasteiger partial charge < -0.3 is 10.6 Å². The van der Waals surface area contributed by atoms with Gasteiger partial charge in [0.1, 0.15) is 0 Å². The van der Waals surface area contributed by atoms with Crippen molar-refractivity contribution in [3.63, 3.8) is 0 Å². The van der Waals surface area contributed by atoms with Gasteiger partial charge in [-0.15, -0.1) is 0 Å². The lowest BCUT2D eigenvalue weighted by Gasteiger charge is -2.18. The minimum Gasteiger partial charge on any atom is -0.338 e.